The fourth-order valence-electron chi connectivity index (χ4n) is 1.01. The van der Waals surface area contributed by atoms with Crippen LogP contribution in [0.2, 0.25) is 0 Å². The number of carbonyl (C=O) groups excluding carboxylic acids is 1. The van der Waals surface area contributed by atoms with Gasteiger partial charge in [-0.05, 0) is 92.6 Å². The summed E-state index contributed by atoms with van der Waals surface area (Å²) < 4.78 is 6.66. The molecule has 0 saturated heterocycles. The third-order valence-electron chi connectivity index (χ3n) is 1.92. The number of halogens is 5. The van der Waals surface area contributed by atoms with E-state index in [1.54, 1.807) is 6.92 Å². The van der Waals surface area contributed by atoms with Gasteiger partial charge in [0.05, 0.1) is 0 Å². The summed E-state index contributed by atoms with van der Waals surface area (Å²) >= 11 is 16.9. The van der Waals surface area contributed by atoms with E-state index in [4.69, 9.17) is 4.74 Å². The van der Waals surface area contributed by atoms with Crippen molar-refractivity contribution in [1.82, 2.24) is 0 Å². The minimum absolute atomic E-state index is 0.325. The van der Waals surface area contributed by atoms with Gasteiger partial charge in [0.15, 0.2) is 0 Å². The van der Waals surface area contributed by atoms with Crippen LogP contribution in [0.5, 0.6) is 0 Å². The molecule has 0 aliphatic heterocycles. The van der Waals surface area contributed by atoms with Crippen molar-refractivity contribution in [1.29, 1.82) is 0 Å². The molecule has 0 atom stereocenters. The molecule has 0 spiro atoms. The van der Waals surface area contributed by atoms with Crippen LogP contribution in [-0.4, -0.2) is 5.97 Å². The molecule has 0 saturated carbocycles. The van der Waals surface area contributed by atoms with Crippen LogP contribution in [0.15, 0.2) is 37.7 Å². The van der Waals surface area contributed by atoms with Gasteiger partial charge in [0, 0.05) is 24.6 Å². The normalized spacial score (nSPS) is 11.2. The van der Waals surface area contributed by atoms with Gasteiger partial charge in [0.1, 0.15) is 0 Å². The lowest BCUT2D eigenvalue weighted by Gasteiger charge is -2.23. The van der Waals surface area contributed by atoms with Crippen LogP contribution >= 0.6 is 79.6 Å². The van der Waals surface area contributed by atoms with Crippen LogP contribution in [0.1, 0.15) is 12.5 Å². The minimum atomic E-state index is -1.11. The lowest BCUT2D eigenvalue weighted by Crippen LogP contribution is -2.20. The van der Waals surface area contributed by atoms with E-state index in [0.717, 1.165) is 13.4 Å². The van der Waals surface area contributed by atoms with Crippen LogP contribution in [0.25, 0.3) is 0 Å². The number of carbonyl (C=O) groups is 1. The predicted octanol–water partition coefficient (Wildman–Crippen LogP) is 5.99. The molecule has 0 N–H and O–H groups in total. The Morgan fingerprint density at radius 1 is 1.22 bits per heavy atom. The summed E-state index contributed by atoms with van der Waals surface area (Å²) in [6.07, 6.45) is 0. The average molecular weight is 571 g/mol. The maximum atomic E-state index is 11.6. The molecule has 1 rings (SSSR count). The van der Waals surface area contributed by atoms with Crippen molar-refractivity contribution in [2.24, 2.45) is 0 Å². The zero-order valence-corrected chi connectivity index (χ0v) is 17.0. The van der Waals surface area contributed by atoms with E-state index in [0.29, 0.717) is 11.1 Å². The van der Waals surface area contributed by atoms with Gasteiger partial charge in [0.25, 0.3) is 0 Å². The molecule has 0 aliphatic carbocycles. The first-order valence-corrected chi connectivity index (χ1v) is 8.54. The molecule has 0 aromatic heterocycles. The Hall–Kier alpha value is 0.830. The lowest BCUT2D eigenvalue weighted by atomic mass is 10.2. The molecule has 1 aromatic rings. The molecule has 98 valence electrons. The number of esters is 1. The number of benzene rings is 1. The molecular formula is C11H7Br5O2. The molecule has 0 radical (unpaired) electrons. The molecule has 2 nitrogen and oxygen atoms in total. The van der Waals surface area contributed by atoms with Gasteiger partial charge in [-0.2, -0.15) is 0 Å². The quantitative estimate of drug-likeness (QED) is 0.193. The van der Waals surface area contributed by atoms with Crippen molar-refractivity contribution in [3.63, 3.8) is 0 Å². The Bertz CT molecular complexity index is 510. The Balaban J connectivity index is 3.17. The highest BCUT2D eigenvalue weighted by Crippen LogP contribution is 2.46. The van der Waals surface area contributed by atoms with Gasteiger partial charge >= 0.3 is 5.97 Å². The molecule has 0 amide bonds. The summed E-state index contributed by atoms with van der Waals surface area (Å²) in [6.45, 7) is 5.13. The second kappa shape index (κ2) is 6.52. The molecule has 0 heterocycles. The topological polar surface area (TPSA) is 26.3 Å². The van der Waals surface area contributed by atoms with Crippen LogP contribution in [0, 0.1) is 0 Å². The Morgan fingerprint density at radius 2 is 1.78 bits per heavy atom. The van der Waals surface area contributed by atoms with E-state index in [1.807, 2.05) is 12.1 Å². The highest BCUT2D eigenvalue weighted by Gasteiger charge is 2.33. The summed E-state index contributed by atoms with van der Waals surface area (Å²) in [5.74, 6) is -0.491. The number of alkyl halides is 2. The minimum Gasteiger partial charge on any atom is -0.429 e. The van der Waals surface area contributed by atoms with Gasteiger partial charge in [-0.1, -0.05) is 12.6 Å². The first-order chi connectivity index (χ1) is 8.16. The van der Waals surface area contributed by atoms with Gasteiger partial charge in [0.2, 0.25) is 3.42 Å². The highest BCUT2D eigenvalue weighted by molar-refractivity contribution is 9.24. The fourth-order valence-corrected chi connectivity index (χ4v) is 4.06. The van der Waals surface area contributed by atoms with Gasteiger partial charge in [-0.15, -0.1) is 0 Å². The molecule has 18 heavy (non-hydrogen) atoms. The summed E-state index contributed by atoms with van der Waals surface area (Å²) in [6, 6.07) is 3.66. The summed E-state index contributed by atoms with van der Waals surface area (Å²) in [5.41, 5.74) is 1.04. The predicted molar refractivity (Wildman–Crippen MR) is 90.0 cm³/mol. The number of hydrogen-bond acceptors (Lipinski definition) is 2. The first-order valence-electron chi connectivity index (χ1n) is 4.57. The number of ether oxygens (including phenoxy) is 1. The van der Waals surface area contributed by atoms with Crippen molar-refractivity contribution < 1.29 is 9.53 Å². The van der Waals surface area contributed by atoms with Crippen molar-refractivity contribution in [2.45, 2.75) is 10.3 Å². The van der Waals surface area contributed by atoms with Gasteiger partial charge in [-0.3, -0.25) is 0 Å². The Kier molecular flexibility index (Phi) is 6.12. The summed E-state index contributed by atoms with van der Waals surface area (Å²) in [4.78, 5) is 11.6. The Morgan fingerprint density at radius 3 is 2.28 bits per heavy atom. The standard InChI is InChI=1S/C11H7Br5O2/c1-5(2)10(17)18-11(15,16)6-3-4-7(12)9(14)8(6)13/h3-4H,1H2,2H3. The molecule has 0 fully saturated rings. The lowest BCUT2D eigenvalue weighted by molar-refractivity contribution is -0.141. The SMILES string of the molecule is C=C(C)C(=O)OC(Br)(Br)c1ccc(Br)c(Br)c1Br. The molecule has 0 unspecified atom stereocenters. The van der Waals surface area contributed by atoms with E-state index in [2.05, 4.69) is 86.2 Å². The number of hydrogen-bond donors (Lipinski definition) is 0. The Labute approximate surface area is 147 Å². The van der Waals surface area contributed by atoms with Crippen LogP contribution in [0.3, 0.4) is 0 Å². The molecule has 7 heteroatoms. The third-order valence-corrected chi connectivity index (χ3v) is 6.47. The average Bonchev–Trinajstić information content (AvgIpc) is 2.24. The van der Waals surface area contributed by atoms with E-state index in [9.17, 15) is 4.79 Å². The second-order valence-corrected chi connectivity index (χ2v) is 9.15. The monoisotopic (exact) mass is 566 g/mol. The van der Waals surface area contributed by atoms with E-state index >= 15 is 0 Å². The first kappa shape index (κ1) is 16.9. The zero-order chi connectivity index (χ0) is 14.1. The molecule has 0 bridgehead atoms. The van der Waals surface area contributed by atoms with E-state index in [1.165, 1.54) is 0 Å². The van der Waals surface area contributed by atoms with Crippen LogP contribution < -0.4 is 0 Å². The summed E-state index contributed by atoms with van der Waals surface area (Å²) in [7, 11) is 0. The van der Waals surface area contributed by atoms with E-state index < -0.39 is 9.39 Å². The van der Waals surface area contributed by atoms with Gasteiger partial charge in [-0.25, -0.2) is 4.79 Å². The molecule has 1 aromatic carbocycles. The maximum absolute atomic E-state index is 11.6. The van der Waals surface area contributed by atoms with Crippen molar-refractivity contribution in [2.75, 3.05) is 0 Å². The van der Waals surface area contributed by atoms with Crippen LogP contribution in [-0.2, 0) is 13.0 Å². The van der Waals surface area contributed by atoms with E-state index in [-0.39, 0.29) is 0 Å². The second-order valence-electron chi connectivity index (χ2n) is 3.41. The van der Waals surface area contributed by atoms with Crippen molar-refractivity contribution in [3.05, 3.63) is 43.3 Å². The van der Waals surface area contributed by atoms with Gasteiger partial charge < -0.3 is 4.74 Å². The third kappa shape index (κ3) is 3.91. The zero-order valence-electron chi connectivity index (χ0n) is 9.07. The fraction of sp³-hybridized carbons (Fsp3) is 0.182. The summed E-state index contributed by atoms with van der Waals surface area (Å²) in [5, 5.41) is 0. The van der Waals surface area contributed by atoms with Crippen molar-refractivity contribution >= 4 is 85.6 Å². The molecular weight excluding hydrogens is 564 g/mol. The van der Waals surface area contributed by atoms with Crippen molar-refractivity contribution in [3.8, 4) is 0 Å². The maximum Gasteiger partial charge on any atom is 0.335 e. The van der Waals surface area contributed by atoms with Crippen LogP contribution in [0.4, 0.5) is 0 Å². The molecule has 0 aliphatic rings. The highest BCUT2D eigenvalue weighted by atomic mass is 79.9. The smallest absolute Gasteiger partial charge is 0.335 e. The number of rotatable bonds is 3. The largest absolute Gasteiger partial charge is 0.429 e.